The van der Waals surface area contributed by atoms with Crippen LogP contribution in [0.1, 0.15) is 40.0 Å². The van der Waals surface area contributed by atoms with E-state index in [1.165, 1.54) is 30.4 Å². The van der Waals surface area contributed by atoms with Gasteiger partial charge in [0.25, 0.3) is 0 Å². The predicted molar refractivity (Wildman–Crippen MR) is 48.1 cm³/mol. The Morgan fingerprint density at radius 3 is 2.40 bits per heavy atom. The first-order valence-electron chi connectivity index (χ1n) is 4.01. The third kappa shape index (κ3) is 4.37. The standard InChI is InChI=1S/C10H18/c1-5-6-7-8-10(4)9(2)3/h8H,2,5-7H2,1,3-4H3/b10-8+. The molecule has 0 amide bonds. The van der Waals surface area contributed by atoms with Crippen LogP contribution in [0.15, 0.2) is 23.8 Å². The Morgan fingerprint density at radius 1 is 1.40 bits per heavy atom. The third-order valence-corrected chi connectivity index (χ3v) is 1.68. The van der Waals surface area contributed by atoms with Crippen LogP contribution in [0.3, 0.4) is 0 Å². The predicted octanol–water partition coefficient (Wildman–Crippen LogP) is 3.70. The van der Waals surface area contributed by atoms with Gasteiger partial charge < -0.3 is 0 Å². The lowest BCUT2D eigenvalue weighted by Gasteiger charge is -1.97. The Labute approximate surface area is 64.6 Å². The number of unbranched alkanes of at least 4 members (excludes halogenated alkanes) is 2. The molecule has 0 fully saturated rings. The van der Waals surface area contributed by atoms with E-state index in [4.69, 9.17) is 0 Å². The zero-order valence-electron chi connectivity index (χ0n) is 7.41. The van der Waals surface area contributed by atoms with E-state index in [1.54, 1.807) is 0 Å². The van der Waals surface area contributed by atoms with Gasteiger partial charge >= 0.3 is 0 Å². The Morgan fingerprint density at radius 2 is 2.00 bits per heavy atom. The molecule has 0 aliphatic rings. The number of hydrogen-bond donors (Lipinski definition) is 0. The van der Waals surface area contributed by atoms with Crippen LogP contribution in [0.25, 0.3) is 0 Å². The first kappa shape index (κ1) is 9.48. The van der Waals surface area contributed by atoms with E-state index < -0.39 is 0 Å². The second-order valence-corrected chi connectivity index (χ2v) is 2.81. The van der Waals surface area contributed by atoms with E-state index in [2.05, 4.69) is 33.4 Å². The topological polar surface area (TPSA) is 0 Å². The summed E-state index contributed by atoms with van der Waals surface area (Å²) in [4.78, 5) is 0. The molecule has 0 nitrogen and oxygen atoms in total. The lowest BCUT2D eigenvalue weighted by molar-refractivity contribution is 0.811. The molecule has 0 unspecified atom stereocenters. The van der Waals surface area contributed by atoms with Crippen LogP contribution >= 0.6 is 0 Å². The monoisotopic (exact) mass is 138 g/mol. The van der Waals surface area contributed by atoms with Crippen molar-refractivity contribution in [3.8, 4) is 0 Å². The van der Waals surface area contributed by atoms with Crippen molar-refractivity contribution in [1.82, 2.24) is 0 Å². The van der Waals surface area contributed by atoms with Crippen molar-refractivity contribution < 1.29 is 0 Å². The fraction of sp³-hybridized carbons (Fsp3) is 0.600. The smallest absolute Gasteiger partial charge is 0.0345 e. The highest BCUT2D eigenvalue weighted by molar-refractivity contribution is 5.23. The molecular weight excluding hydrogens is 120 g/mol. The quantitative estimate of drug-likeness (QED) is 0.410. The largest absolute Gasteiger partial charge is 0.0959 e. The van der Waals surface area contributed by atoms with Crippen molar-refractivity contribution in [2.75, 3.05) is 0 Å². The van der Waals surface area contributed by atoms with Crippen LogP contribution in [0.2, 0.25) is 0 Å². The molecule has 58 valence electrons. The Balaban J connectivity index is 3.58. The zero-order valence-corrected chi connectivity index (χ0v) is 7.41. The first-order chi connectivity index (χ1) is 4.68. The van der Waals surface area contributed by atoms with Gasteiger partial charge in [-0.2, -0.15) is 0 Å². The summed E-state index contributed by atoms with van der Waals surface area (Å²) in [6.07, 6.45) is 6.05. The molecule has 0 radical (unpaired) electrons. The SMILES string of the molecule is C=C(C)/C(C)=C/CCCC. The van der Waals surface area contributed by atoms with Gasteiger partial charge in [0.1, 0.15) is 0 Å². The van der Waals surface area contributed by atoms with E-state index in [1.807, 2.05) is 0 Å². The van der Waals surface area contributed by atoms with Crippen LogP contribution in [0.5, 0.6) is 0 Å². The maximum atomic E-state index is 3.87. The highest BCUT2D eigenvalue weighted by Gasteiger charge is 1.87. The molecule has 0 saturated heterocycles. The zero-order chi connectivity index (χ0) is 7.98. The van der Waals surface area contributed by atoms with Crippen LogP contribution in [0.4, 0.5) is 0 Å². The molecule has 0 atom stereocenters. The van der Waals surface area contributed by atoms with Crippen LogP contribution in [-0.2, 0) is 0 Å². The average molecular weight is 138 g/mol. The van der Waals surface area contributed by atoms with Gasteiger partial charge in [-0.15, -0.1) is 0 Å². The molecule has 10 heavy (non-hydrogen) atoms. The molecule has 0 bridgehead atoms. The Kier molecular flexibility index (Phi) is 5.00. The molecule has 0 N–H and O–H groups in total. The lowest BCUT2D eigenvalue weighted by Crippen LogP contribution is -1.76. The van der Waals surface area contributed by atoms with Crippen molar-refractivity contribution in [3.63, 3.8) is 0 Å². The van der Waals surface area contributed by atoms with Gasteiger partial charge in [0.05, 0.1) is 0 Å². The van der Waals surface area contributed by atoms with Crippen molar-refractivity contribution >= 4 is 0 Å². The summed E-state index contributed by atoms with van der Waals surface area (Å²) >= 11 is 0. The van der Waals surface area contributed by atoms with E-state index in [-0.39, 0.29) is 0 Å². The van der Waals surface area contributed by atoms with Crippen molar-refractivity contribution in [2.45, 2.75) is 40.0 Å². The van der Waals surface area contributed by atoms with E-state index in [9.17, 15) is 0 Å². The lowest BCUT2D eigenvalue weighted by atomic mass is 10.1. The third-order valence-electron chi connectivity index (χ3n) is 1.68. The number of allylic oxidation sites excluding steroid dienone is 3. The highest BCUT2D eigenvalue weighted by atomic mass is 13.9. The fourth-order valence-electron chi connectivity index (χ4n) is 0.697. The van der Waals surface area contributed by atoms with Crippen LogP contribution in [-0.4, -0.2) is 0 Å². The van der Waals surface area contributed by atoms with E-state index >= 15 is 0 Å². The summed E-state index contributed by atoms with van der Waals surface area (Å²) in [5.41, 5.74) is 2.53. The van der Waals surface area contributed by atoms with Gasteiger partial charge in [0.2, 0.25) is 0 Å². The molecule has 0 aromatic heterocycles. The molecule has 0 aliphatic heterocycles. The van der Waals surface area contributed by atoms with Gasteiger partial charge in [-0.05, 0) is 20.3 Å². The van der Waals surface area contributed by atoms with E-state index in [0.29, 0.717) is 0 Å². The van der Waals surface area contributed by atoms with Gasteiger partial charge in [-0.25, -0.2) is 0 Å². The summed E-state index contributed by atoms with van der Waals surface area (Å²) in [6, 6.07) is 0. The molecule has 0 aromatic rings. The maximum absolute atomic E-state index is 3.87. The Hall–Kier alpha value is -0.520. The van der Waals surface area contributed by atoms with Gasteiger partial charge in [-0.3, -0.25) is 0 Å². The van der Waals surface area contributed by atoms with Gasteiger partial charge in [-0.1, -0.05) is 43.6 Å². The number of rotatable bonds is 4. The Bertz CT molecular complexity index is 129. The molecule has 0 spiro atoms. The van der Waals surface area contributed by atoms with Gasteiger partial charge in [0, 0.05) is 0 Å². The van der Waals surface area contributed by atoms with Crippen LogP contribution in [0, 0.1) is 0 Å². The molecule has 0 rings (SSSR count). The first-order valence-corrected chi connectivity index (χ1v) is 4.01. The fourth-order valence-corrected chi connectivity index (χ4v) is 0.697. The van der Waals surface area contributed by atoms with Gasteiger partial charge in [0.15, 0.2) is 0 Å². The molecule has 0 aliphatic carbocycles. The second-order valence-electron chi connectivity index (χ2n) is 2.81. The molecule has 0 heteroatoms. The summed E-state index contributed by atoms with van der Waals surface area (Å²) in [6.45, 7) is 10.3. The van der Waals surface area contributed by atoms with Crippen molar-refractivity contribution in [2.24, 2.45) is 0 Å². The summed E-state index contributed by atoms with van der Waals surface area (Å²) < 4.78 is 0. The minimum atomic E-state index is 1.19. The molecule has 0 saturated carbocycles. The summed E-state index contributed by atoms with van der Waals surface area (Å²) in [7, 11) is 0. The molecule has 0 heterocycles. The van der Waals surface area contributed by atoms with Crippen molar-refractivity contribution in [3.05, 3.63) is 23.8 Å². The number of hydrogen-bond acceptors (Lipinski definition) is 0. The minimum Gasteiger partial charge on any atom is -0.0959 e. The maximum Gasteiger partial charge on any atom is -0.0345 e. The van der Waals surface area contributed by atoms with Crippen molar-refractivity contribution in [1.29, 1.82) is 0 Å². The highest BCUT2D eigenvalue weighted by Crippen LogP contribution is 2.07. The normalized spacial score (nSPS) is 11.7. The minimum absolute atomic E-state index is 1.19. The van der Waals surface area contributed by atoms with E-state index in [0.717, 1.165) is 0 Å². The molecule has 0 aromatic carbocycles. The average Bonchev–Trinajstić information content (AvgIpc) is 1.88. The second kappa shape index (κ2) is 5.28. The van der Waals surface area contributed by atoms with Crippen LogP contribution < -0.4 is 0 Å². The summed E-state index contributed by atoms with van der Waals surface area (Å²) in [5, 5.41) is 0. The summed E-state index contributed by atoms with van der Waals surface area (Å²) in [5.74, 6) is 0. The molecular formula is C10H18.